The molecule has 0 atom stereocenters. The molecule has 4 heteroatoms. The Morgan fingerprint density at radius 2 is 1.14 bits per heavy atom. The zero-order valence-corrected chi connectivity index (χ0v) is 11.5. The van der Waals surface area contributed by atoms with Gasteiger partial charge in [0, 0.05) is 0 Å². The van der Waals surface area contributed by atoms with E-state index in [1.165, 1.54) is 22.3 Å². The Morgan fingerprint density at radius 1 is 0.762 bits per heavy atom. The van der Waals surface area contributed by atoms with E-state index in [2.05, 4.69) is 48.5 Å². The second kappa shape index (κ2) is 6.70. The van der Waals surface area contributed by atoms with Crippen LogP contribution in [0.5, 0.6) is 0 Å². The number of aliphatic carboxylic acids is 2. The molecule has 2 N–H and O–H groups in total. The number of benzene rings is 2. The van der Waals surface area contributed by atoms with Crippen molar-refractivity contribution in [2.24, 2.45) is 0 Å². The molecule has 0 unspecified atom stereocenters. The van der Waals surface area contributed by atoms with E-state index in [1.54, 1.807) is 0 Å². The van der Waals surface area contributed by atoms with Crippen molar-refractivity contribution in [1.82, 2.24) is 0 Å². The Balaban J connectivity index is 0.000000177. The predicted molar refractivity (Wildman–Crippen MR) is 79.2 cm³/mol. The van der Waals surface area contributed by atoms with Crippen LogP contribution < -0.4 is 0 Å². The molecule has 0 saturated heterocycles. The predicted octanol–water partition coefficient (Wildman–Crippen LogP) is 3.19. The van der Waals surface area contributed by atoms with Crippen LogP contribution in [0.3, 0.4) is 0 Å². The molecule has 0 bridgehead atoms. The van der Waals surface area contributed by atoms with Gasteiger partial charge in [0.05, 0.1) is 12.8 Å². The molecule has 0 spiro atoms. The Morgan fingerprint density at radius 3 is 1.52 bits per heavy atom. The molecular weight excluding hydrogens is 268 g/mol. The number of carbonyl (C=O) groups is 2. The number of fused-ring (bicyclic) bond motifs is 3. The van der Waals surface area contributed by atoms with Crippen molar-refractivity contribution in [3.05, 3.63) is 59.7 Å². The first-order valence-electron chi connectivity index (χ1n) is 6.67. The van der Waals surface area contributed by atoms with Crippen LogP contribution >= 0.6 is 0 Å². The standard InChI is InChI=1S/C13H10.C4H6O4/c1-3-7-12-10(5-1)9-11-6-2-4-8-13(11)12;5-3(6)1-2-4(7)8/h1-8H,9H2;1-2H2,(H,5,6)(H,7,8). The van der Waals surface area contributed by atoms with Crippen molar-refractivity contribution >= 4 is 11.9 Å². The van der Waals surface area contributed by atoms with Gasteiger partial charge in [-0.3, -0.25) is 9.59 Å². The summed E-state index contributed by atoms with van der Waals surface area (Å²) in [7, 11) is 0. The second-order valence-corrected chi connectivity index (χ2v) is 4.78. The summed E-state index contributed by atoms with van der Waals surface area (Å²) in [5.41, 5.74) is 5.75. The van der Waals surface area contributed by atoms with Crippen molar-refractivity contribution in [2.75, 3.05) is 0 Å². The van der Waals surface area contributed by atoms with Crippen molar-refractivity contribution < 1.29 is 19.8 Å². The molecule has 2 aromatic rings. The minimum atomic E-state index is -1.08. The van der Waals surface area contributed by atoms with E-state index >= 15 is 0 Å². The largest absolute Gasteiger partial charge is 0.481 e. The zero-order valence-electron chi connectivity index (χ0n) is 11.5. The molecule has 4 nitrogen and oxygen atoms in total. The molecule has 0 heterocycles. The van der Waals surface area contributed by atoms with Gasteiger partial charge in [-0.1, -0.05) is 48.5 Å². The number of carboxylic acid groups (broad SMARTS) is 2. The maximum atomic E-state index is 9.64. The lowest BCUT2D eigenvalue weighted by Gasteiger charge is -1.98. The normalized spacial score (nSPS) is 10.9. The first kappa shape index (κ1) is 14.8. The topological polar surface area (TPSA) is 74.6 Å². The summed E-state index contributed by atoms with van der Waals surface area (Å²) in [5, 5.41) is 15.8. The van der Waals surface area contributed by atoms with E-state index in [9.17, 15) is 9.59 Å². The molecule has 3 rings (SSSR count). The summed E-state index contributed by atoms with van der Waals surface area (Å²) in [5.74, 6) is -2.15. The number of rotatable bonds is 3. The fourth-order valence-corrected chi connectivity index (χ4v) is 2.29. The summed E-state index contributed by atoms with van der Waals surface area (Å²) in [6.45, 7) is 0. The smallest absolute Gasteiger partial charge is 0.303 e. The van der Waals surface area contributed by atoms with Gasteiger partial charge >= 0.3 is 11.9 Å². The van der Waals surface area contributed by atoms with Crippen LogP contribution in [0.4, 0.5) is 0 Å². The van der Waals surface area contributed by atoms with Gasteiger partial charge in [-0.05, 0) is 28.7 Å². The molecule has 0 saturated carbocycles. The van der Waals surface area contributed by atoms with Crippen LogP contribution in [0.15, 0.2) is 48.5 Å². The average Bonchev–Trinajstić information content (AvgIpc) is 2.84. The SMILES string of the molecule is O=C(O)CCC(=O)O.c1ccc2c(c1)Cc1ccccc1-2. The van der Waals surface area contributed by atoms with E-state index in [4.69, 9.17) is 10.2 Å². The molecule has 0 aromatic heterocycles. The van der Waals surface area contributed by atoms with Gasteiger partial charge < -0.3 is 10.2 Å². The summed E-state index contributed by atoms with van der Waals surface area (Å²) in [4.78, 5) is 19.3. The van der Waals surface area contributed by atoms with Crippen molar-refractivity contribution in [3.63, 3.8) is 0 Å². The third-order valence-corrected chi connectivity index (χ3v) is 3.26. The van der Waals surface area contributed by atoms with Gasteiger partial charge in [-0.15, -0.1) is 0 Å². The van der Waals surface area contributed by atoms with E-state index in [-0.39, 0.29) is 12.8 Å². The molecule has 0 fully saturated rings. The van der Waals surface area contributed by atoms with E-state index < -0.39 is 11.9 Å². The quantitative estimate of drug-likeness (QED) is 0.774. The van der Waals surface area contributed by atoms with E-state index in [1.807, 2.05) is 0 Å². The lowest BCUT2D eigenvalue weighted by atomic mass is 10.1. The molecule has 1 aliphatic rings. The molecule has 0 radical (unpaired) electrons. The first-order valence-corrected chi connectivity index (χ1v) is 6.67. The highest BCUT2D eigenvalue weighted by molar-refractivity contribution is 5.76. The first-order chi connectivity index (χ1) is 10.1. The van der Waals surface area contributed by atoms with Gasteiger partial charge in [0.15, 0.2) is 0 Å². The zero-order chi connectivity index (χ0) is 15.2. The molecular formula is C17H16O4. The number of hydrogen-bond donors (Lipinski definition) is 2. The molecule has 1 aliphatic carbocycles. The van der Waals surface area contributed by atoms with Crippen LogP contribution in [-0.2, 0) is 16.0 Å². The summed E-state index contributed by atoms with van der Waals surface area (Å²) in [6, 6.07) is 17.3. The van der Waals surface area contributed by atoms with Crippen molar-refractivity contribution in [2.45, 2.75) is 19.3 Å². The Bertz CT molecular complexity index is 604. The minimum Gasteiger partial charge on any atom is -0.481 e. The van der Waals surface area contributed by atoms with Crippen LogP contribution in [0, 0.1) is 0 Å². The fraction of sp³-hybridized carbons (Fsp3) is 0.176. The highest BCUT2D eigenvalue weighted by Crippen LogP contribution is 2.35. The highest BCUT2D eigenvalue weighted by Gasteiger charge is 2.15. The summed E-state index contributed by atoms with van der Waals surface area (Å²) < 4.78 is 0. The summed E-state index contributed by atoms with van der Waals surface area (Å²) >= 11 is 0. The van der Waals surface area contributed by atoms with Gasteiger partial charge in [-0.25, -0.2) is 0 Å². The molecule has 2 aromatic carbocycles. The second-order valence-electron chi connectivity index (χ2n) is 4.78. The lowest BCUT2D eigenvalue weighted by Crippen LogP contribution is -2.00. The fourth-order valence-electron chi connectivity index (χ4n) is 2.29. The van der Waals surface area contributed by atoms with Gasteiger partial charge in [0.2, 0.25) is 0 Å². The number of hydrogen-bond acceptors (Lipinski definition) is 2. The lowest BCUT2D eigenvalue weighted by molar-refractivity contribution is -0.143. The maximum absolute atomic E-state index is 9.64. The average molecular weight is 284 g/mol. The Kier molecular flexibility index (Phi) is 4.72. The van der Waals surface area contributed by atoms with Crippen molar-refractivity contribution in [3.8, 4) is 11.1 Å². The van der Waals surface area contributed by atoms with E-state index in [0.29, 0.717) is 0 Å². The Hall–Kier alpha value is -2.62. The van der Waals surface area contributed by atoms with Crippen LogP contribution in [0.1, 0.15) is 24.0 Å². The summed E-state index contributed by atoms with van der Waals surface area (Å²) in [6.07, 6.45) is 0.511. The highest BCUT2D eigenvalue weighted by atomic mass is 16.4. The Labute approximate surface area is 122 Å². The molecule has 0 aliphatic heterocycles. The van der Waals surface area contributed by atoms with Crippen LogP contribution in [0.25, 0.3) is 11.1 Å². The third kappa shape index (κ3) is 3.92. The van der Waals surface area contributed by atoms with Crippen molar-refractivity contribution in [1.29, 1.82) is 0 Å². The minimum absolute atomic E-state index is 0.296. The maximum Gasteiger partial charge on any atom is 0.303 e. The molecule has 21 heavy (non-hydrogen) atoms. The van der Waals surface area contributed by atoms with Gasteiger partial charge in [-0.2, -0.15) is 0 Å². The van der Waals surface area contributed by atoms with E-state index in [0.717, 1.165) is 6.42 Å². The van der Waals surface area contributed by atoms with Gasteiger partial charge in [0.1, 0.15) is 0 Å². The van der Waals surface area contributed by atoms with Crippen LogP contribution in [0.2, 0.25) is 0 Å². The van der Waals surface area contributed by atoms with Crippen LogP contribution in [-0.4, -0.2) is 22.2 Å². The monoisotopic (exact) mass is 284 g/mol. The third-order valence-electron chi connectivity index (χ3n) is 3.26. The molecule has 108 valence electrons. The van der Waals surface area contributed by atoms with Gasteiger partial charge in [0.25, 0.3) is 0 Å². The molecule has 0 amide bonds. The number of carboxylic acids is 2.